The Morgan fingerprint density at radius 1 is 1.50 bits per heavy atom. The lowest BCUT2D eigenvalue weighted by atomic mass is 9.99. The zero-order valence-corrected chi connectivity index (χ0v) is 9.29. The highest BCUT2D eigenvalue weighted by Gasteiger charge is 2.28. The molecule has 1 fully saturated rings. The normalized spacial score (nSPS) is 32.6. The summed E-state index contributed by atoms with van der Waals surface area (Å²) in [4.78, 5) is 10.8. The molecule has 1 aliphatic heterocycles. The maximum atomic E-state index is 10.8. The summed E-state index contributed by atoms with van der Waals surface area (Å²) in [5.74, 6) is -0.181. The molecule has 3 unspecified atom stereocenters. The second-order valence-electron chi connectivity index (χ2n) is 4.06. The van der Waals surface area contributed by atoms with Crippen LogP contribution >= 0.6 is 0 Å². The lowest BCUT2D eigenvalue weighted by Crippen LogP contribution is -2.36. The second-order valence-corrected chi connectivity index (χ2v) is 4.06. The third-order valence-corrected chi connectivity index (χ3v) is 2.49. The van der Waals surface area contributed by atoms with Crippen LogP contribution in [0.3, 0.4) is 0 Å². The fraction of sp³-hybridized carbons (Fsp3) is 0.909. The minimum Gasteiger partial charge on any atom is -0.462 e. The van der Waals surface area contributed by atoms with Crippen molar-refractivity contribution >= 4 is 5.97 Å². The van der Waals surface area contributed by atoms with Crippen molar-refractivity contribution in [3.63, 3.8) is 0 Å². The molecule has 3 atom stereocenters. The van der Waals surface area contributed by atoms with Gasteiger partial charge in [-0.15, -0.1) is 0 Å². The minimum absolute atomic E-state index is 0.0628. The van der Waals surface area contributed by atoms with Gasteiger partial charge in [-0.2, -0.15) is 0 Å². The average Bonchev–Trinajstić information content (AvgIpc) is 2.01. The third kappa shape index (κ3) is 3.66. The molecular formula is C11H20O3. The van der Waals surface area contributed by atoms with E-state index in [1.165, 1.54) is 6.92 Å². The standard InChI is InChI=1S/C11H20O3/c1-4-5-10-7-11(14-9(3)12)6-8(2)13-10/h8,10-11H,4-7H2,1-3H3. The van der Waals surface area contributed by atoms with Gasteiger partial charge in [0.1, 0.15) is 6.10 Å². The van der Waals surface area contributed by atoms with E-state index in [-0.39, 0.29) is 24.3 Å². The van der Waals surface area contributed by atoms with Crippen LogP contribution in [-0.2, 0) is 14.3 Å². The maximum absolute atomic E-state index is 10.8. The topological polar surface area (TPSA) is 35.5 Å². The maximum Gasteiger partial charge on any atom is 0.302 e. The van der Waals surface area contributed by atoms with Gasteiger partial charge in [0.05, 0.1) is 12.2 Å². The fourth-order valence-electron chi connectivity index (χ4n) is 2.04. The summed E-state index contributed by atoms with van der Waals surface area (Å²) < 4.78 is 11.0. The first-order valence-electron chi connectivity index (χ1n) is 5.44. The molecule has 3 heteroatoms. The molecule has 1 heterocycles. The SMILES string of the molecule is CCCC1CC(OC(C)=O)CC(C)O1. The van der Waals surface area contributed by atoms with E-state index in [2.05, 4.69) is 6.92 Å². The molecule has 14 heavy (non-hydrogen) atoms. The van der Waals surface area contributed by atoms with Gasteiger partial charge in [-0.1, -0.05) is 13.3 Å². The Morgan fingerprint density at radius 3 is 2.79 bits per heavy atom. The van der Waals surface area contributed by atoms with Gasteiger partial charge in [0.15, 0.2) is 0 Å². The molecule has 0 spiro atoms. The van der Waals surface area contributed by atoms with Gasteiger partial charge in [-0.25, -0.2) is 0 Å². The van der Waals surface area contributed by atoms with Crippen molar-refractivity contribution in [2.45, 2.75) is 64.8 Å². The minimum atomic E-state index is -0.181. The summed E-state index contributed by atoms with van der Waals surface area (Å²) in [5.41, 5.74) is 0. The Labute approximate surface area is 85.8 Å². The van der Waals surface area contributed by atoms with Crippen molar-refractivity contribution in [3.05, 3.63) is 0 Å². The molecule has 0 aromatic carbocycles. The van der Waals surface area contributed by atoms with E-state index in [1.54, 1.807) is 0 Å². The quantitative estimate of drug-likeness (QED) is 0.656. The zero-order chi connectivity index (χ0) is 10.6. The molecule has 0 aromatic rings. The number of ether oxygens (including phenoxy) is 2. The van der Waals surface area contributed by atoms with Crippen molar-refractivity contribution in [1.82, 2.24) is 0 Å². The Balaban J connectivity index is 2.41. The molecule has 0 aromatic heterocycles. The lowest BCUT2D eigenvalue weighted by Gasteiger charge is -2.33. The van der Waals surface area contributed by atoms with Gasteiger partial charge in [-0.3, -0.25) is 4.79 Å². The van der Waals surface area contributed by atoms with Crippen LogP contribution in [0.2, 0.25) is 0 Å². The van der Waals surface area contributed by atoms with E-state index in [0.717, 1.165) is 25.7 Å². The highest BCUT2D eigenvalue weighted by atomic mass is 16.6. The van der Waals surface area contributed by atoms with E-state index >= 15 is 0 Å². The number of carbonyl (C=O) groups excluding carboxylic acids is 1. The summed E-state index contributed by atoms with van der Waals surface area (Å²) in [6.45, 7) is 5.65. The predicted octanol–water partition coefficient (Wildman–Crippen LogP) is 2.29. The summed E-state index contributed by atoms with van der Waals surface area (Å²) in [6.07, 6.45) is 4.41. The van der Waals surface area contributed by atoms with Crippen LogP contribution in [0.4, 0.5) is 0 Å². The largest absolute Gasteiger partial charge is 0.462 e. The van der Waals surface area contributed by atoms with E-state index < -0.39 is 0 Å². The van der Waals surface area contributed by atoms with Gasteiger partial charge in [0.25, 0.3) is 0 Å². The van der Waals surface area contributed by atoms with Crippen LogP contribution in [0, 0.1) is 0 Å². The molecule has 0 saturated carbocycles. The first kappa shape index (κ1) is 11.5. The highest BCUT2D eigenvalue weighted by molar-refractivity contribution is 5.66. The summed E-state index contributed by atoms with van der Waals surface area (Å²) in [6, 6.07) is 0. The van der Waals surface area contributed by atoms with Crippen molar-refractivity contribution in [2.75, 3.05) is 0 Å². The molecule has 0 aliphatic carbocycles. The molecule has 0 bridgehead atoms. The number of carbonyl (C=O) groups is 1. The Kier molecular flexibility index (Phi) is 4.39. The molecular weight excluding hydrogens is 180 g/mol. The average molecular weight is 200 g/mol. The second kappa shape index (κ2) is 5.35. The van der Waals surface area contributed by atoms with Crippen molar-refractivity contribution in [3.8, 4) is 0 Å². The zero-order valence-electron chi connectivity index (χ0n) is 9.29. The van der Waals surface area contributed by atoms with Crippen LogP contribution in [0.5, 0.6) is 0 Å². The van der Waals surface area contributed by atoms with Gasteiger partial charge in [0, 0.05) is 19.8 Å². The molecule has 1 rings (SSSR count). The molecule has 0 radical (unpaired) electrons. The summed E-state index contributed by atoms with van der Waals surface area (Å²) in [7, 11) is 0. The Bertz CT molecular complexity index is 191. The number of rotatable bonds is 3. The van der Waals surface area contributed by atoms with Crippen LogP contribution in [0.15, 0.2) is 0 Å². The third-order valence-electron chi connectivity index (χ3n) is 2.49. The van der Waals surface area contributed by atoms with E-state index in [1.807, 2.05) is 6.92 Å². The Morgan fingerprint density at radius 2 is 2.21 bits per heavy atom. The summed E-state index contributed by atoms with van der Waals surface area (Å²) >= 11 is 0. The molecule has 1 saturated heterocycles. The number of hydrogen-bond donors (Lipinski definition) is 0. The van der Waals surface area contributed by atoms with Crippen LogP contribution in [0.25, 0.3) is 0 Å². The van der Waals surface area contributed by atoms with Gasteiger partial charge < -0.3 is 9.47 Å². The number of hydrogen-bond acceptors (Lipinski definition) is 3. The first-order valence-corrected chi connectivity index (χ1v) is 5.44. The molecule has 0 N–H and O–H groups in total. The van der Waals surface area contributed by atoms with Crippen LogP contribution in [-0.4, -0.2) is 24.3 Å². The lowest BCUT2D eigenvalue weighted by molar-refractivity contribution is -0.158. The van der Waals surface area contributed by atoms with Crippen molar-refractivity contribution in [2.24, 2.45) is 0 Å². The number of esters is 1. The highest BCUT2D eigenvalue weighted by Crippen LogP contribution is 2.24. The molecule has 3 nitrogen and oxygen atoms in total. The van der Waals surface area contributed by atoms with Gasteiger partial charge in [-0.05, 0) is 13.3 Å². The molecule has 0 amide bonds. The predicted molar refractivity (Wildman–Crippen MR) is 54.0 cm³/mol. The first-order chi connectivity index (χ1) is 6.61. The van der Waals surface area contributed by atoms with E-state index in [4.69, 9.17) is 9.47 Å². The van der Waals surface area contributed by atoms with E-state index in [9.17, 15) is 4.79 Å². The van der Waals surface area contributed by atoms with Crippen molar-refractivity contribution < 1.29 is 14.3 Å². The monoisotopic (exact) mass is 200 g/mol. The molecule has 82 valence electrons. The van der Waals surface area contributed by atoms with Gasteiger partial charge in [0.2, 0.25) is 0 Å². The summed E-state index contributed by atoms with van der Waals surface area (Å²) in [5, 5.41) is 0. The smallest absolute Gasteiger partial charge is 0.302 e. The van der Waals surface area contributed by atoms with Crippen molar-refractivity contribution in [1.29, 1.82) is 0 Å². The van der Waals surface area contributed by atoms with Gasteiger partial charge >= 0.3 is 5.97 Å². The molecule has 1 aliphatic rings. The Hall–Kier alpha value is -0.570. The van der Waals surface area contributed by atoms with Crippen LogP contribution < -0.4 is 0 Å². The van der Waals surface area contributed by atoms with E-state index in [0.29, 0.717) is 0 Å². The van der Waals surface area contributed by atoms with Crippen LogP contribution in [0.1, 0.15) is 46.5 Å². The fourth-order valence-corrected chi connectivity index (χ4v) is 2.04.